The van der Waals surface area contributed by atoms with Gasteiger partial charge in [-0.1, -0.05) is 103 Å². The predicted octanol–water partition coefficient (Wildman–Crippen LogP) is 5.83. The molecule has 4 aromatic carbocycles. The van der Waals surface area contributed by atoms with Gasteiger partial charge in [-0.25, -0.2) is 11.0 Å². The van der Waals surface area contributed by atoms with Crippen LogP contribution in [0.2, 0.25) is 0 Å². The number of carbonyl (C=O) groups is 3. The number of aromatic nitrogens is 1. The number of para-hydroxylation sites is 1. The maximum Gasteiger partial charge on any atom is 0.266 e. The first kappa shape index (κ1) is 36.9. The summed E-state index contributed by atoms with van der Waals surface area (Å²) >= 11 is 4.89. The van der Waals surface area contributed by atoms with E-state index in [9.17, 15) is 19.6 Å². The monoisotopic (exact) mass is 706 g/mol. The SMILES string of the molecule is COc1ccc(CC(S)[C@H](C(=O)N[C@H](Cc2c[nH]c3ccccc23)C(=O)NOCc2ccccc2)[C@@H](C/C=C/c2ccccc2)C(=O)NO)cc1. The Hall–Kier alpha value is -5.36. The molecule has 11 heteroatoms. The van der Waals surface area contributed by atoms with E-state index in [1.807, 2.05) is 115 Å². The van der Waals surface area contributed by atoms with Crippen LogP contribution in [0.3, 0.4) is 0 Å². The van der Waals surface area contributed by atoms with E-state index in [4.69, 9.17) is 22.2 Å². The minimum absolute atomic E-state index is 0.110. The van der Waals surface area contributed by atoms with Gasteiger partial charge in [-0.15, -0.1) is 0 Å². The molecule has 0 aliphatic rings. The van der Waals surface area contributed by atoms with Gasteiger partial charge in [-0.2, -0.15) is 12.6 Å². The quantitative estimate of drug-likeness (QED) is 0.0408. The molecule has 1 aromatic heterocycles. The topological polar surface area (TPSA) is 142 Å². The van der Waals surface area contributed by atoms with Crippen molar-refractivity contribution in [1.29, 1.82) is 0 Å². The summed E-state index contributed by atoms with van der Waals surface area (Å²) in [4.78, 5) is 50.3. The van der Waals surface area contributed by atoms with Crippen LogP contribution < -0.4 is 21.0 Å². The van der Waals surface area contributed by atoms with Crippen LogP contribution in [-0.4, -0.2) is 46.3 Å². The predicted molar refractivity (Wildman–Crippen MR) is 200 cm³/mol. The number of nitrogens with one attached hydrogen (secondary N) is 4. The van der Waals surface area contributed by atoms with Crippen molar-refractivity contribution >= 4 is 47.3 Å². The molecule has 0 saturated heterocycles. The van der Waals surface area contributed by atoms with E-state index in [0.29, 0.717) is 12.2 Å². The molecule has 51 heavy (non-hydrogen) atoms. The molecule has 0 aliphatic heterocycles. The van der Waals surface area contributed by atoms with Gasteiger partial charge < -0.3 is 15.0 Å². The number of hydrogen-bond donors (Lipinski definition) is 6. The number of benzene rings is 4. The molecule has 0 fully saturated rings. The largest absolute Gasteiger partial charge is 0.497 e. The zero-order valence-electron chi connectivity index (χ0n) is 28.2. The lowest BCUT2D eigenvalue weighted by atomic mass is 9.82. The van der Waals surface area contributed by atoms with Crippen molar-refractivity contribution in [2.75, 3.05) is 7.11 Å². The zero-order chi connectivity index (χ0) is 36.0. The fourth-order valence-electron chi connectivity index (χ4n) is 6.00. The molecule has 5 N–H and O–H groups in total. The van der Waals surface area contributed by atoms with E-state index in [-0.39, 0.29) is 19.4 Å². The van der Waals surface area contributed by atoms with Crippen molar-refractivity contribution in [1.82, 2.24) is 21.3 Å². The Kier molecular flexibility index (Phi) is 13.4. The Morgan fingerprint density at radius 2 is 1.51 bits per heavy atom. The summed E-state index contributed by atoms with van der Waals surface area (Å²) in [7, 11) is 1.58. The van der Waals surface area contributed by atoms with Crippen LogP contribution in [0.4, 0.5) is 0 Å². The van der Waals surface area contributed by atoms with Crippen LogP contribution in [0.25, 0.3) is 17.0 Å². The molecule has 5 rings (SSSR count). The fourth-order valence-corrected chi connectivity index (χ4v) is 6.56. The smallest absolute Gasteiger partial charge is 0.266 e. The van der Waals surface area contributed by atoms with E-state index < -0.39 is 40.8 Å². The van der Waals surface area contributed by atoms with Gasteiger partial charge in [-0.05, 0) is 53.3 Å². The molecule has 3 amide bonds. The minimum atomic E-state index is -1.09. The normalized spacial score (nSPS) is 13.6. The maximum absolute atomic E-state index is 14.5. The summed E-state index contributed by atoms with van der Waals surface area (Å²) in [5.74, 6) is -3.33. The van der Waals surface area contributed by atoms with Crippen molar-refractivity contribution in [3.8, 4) is 5.75 Å². The van der Waals surface area contributed by atoms with E-state index >= 15 is 0 Å². The third kappa shape index (κ3) is 10.3. The molecule has 0 radical (unpaired) electrons. The highest BCUT2D eigenvalue weighted by atomic mass is 32.1. The number of aromatic amines is 1. The number of hydrogen-bond acceptors (Lipinski definition) is 7. The first-order valence-electron chi connectivity index (χ1n) is 16.6. The molecule has 0 aliphatic carbocycles. The highest BCUT2D eigenvalue weighted by Gasteiger charge is 2.39. The number of methoxy groups -OCH3 is 1. The lowest BCUT2D eigenvalue weighted by molar-refractivity contribution is -0.143. The van der Waals surface area contributed by atoms with Crippen LogP contribution in [-0.2, 0) is 38.7 Å². The van der Waals surface area contributed by atoms with Gasteiger partial charge in [0.15, 0.2) is 0 Å². The second-order valence-electron chi connectivity index (χ2n) is 12.1. The number of allylic oxidation sites excluding steroid dienone is 1. The number of H-pyrrole nitrogens is 1. The van der Waals surface area contributed by atoms with Crippen molar-refractivity contribution < 1.29 is 29.2 Å². The summed E-state index contributed by atoms with van der Waals surface area (Å²) in [6, 6.07) is 32.8. The second-order valence-corrected chi connectivity index (χ2v) is 12.8. The Labute approximate surface area is 302 Å². The van der Waals surface area contributed by atoms with E-state index in [1.165, 1.54) is 0 Å². The average molecular weight is 707 g/mol. The number of rotatable bonds is 17. The van der Waals surface area contributed by atoms with Gasteiger partial charge in [0, 0.05) is 28.8 Å². The number of amides is 3. The molecule has 4 atom stereocenters. The number of ether oxygens (including phenoxy) is 1. The Morgan fingerprint density at radius 1 is 0.824 bits per heavy atom. The molecule has 264 valence electrons. The average Bonchev–Trinajstić information content (AvgIpc) is 3.57. The number of fused-ring (bicyclic) bond motifs is 1. The van der Waals surface area contributed by atoms with Gasteiger partial charge in [0.1, 0.15) is 11.8 Å². The lowest BCUT2D eigenvalue weighted by Gasteiger charge is -2.30. The molecule has 10 nitrogen and oxygen atoms in total. The Bertz CT molecular complexity index is 1900. The second kappa shape index (κ2) is 18.6. The van der Waals surface area contributed by atoms with Crippen molar-refractivity contribution in [3.63, 3.8) is 0 Å². The third-order valence-corrected chi connectivity index (χ3v) is 9.19. The van der Waals surface area contributed by atoms with Crippen LogP contribution in [0.15, 0.2) is 121 Å². The van der Waals surface area contributed by atoms with Crippen molar-refractivity contribution in [3.05, 3.63) is 144 Å². The third-order valence-electron chi connectivity index (χ3n) is 8.69. The molecular formula is C40H42N4O6S. The molecular weight excluding hydrogens is 665 g/mol. The fraction of sp³-hybridized carbons (Fsp3) is 0.225. The maximum atomic E-state index is 14.5. The highest BCUT2D eigenvalue weighted by molar-refractivity contribution is 7.81. The summed E-state index contributed by atoms with van der Waals surface area (Å²) in [5, 5.41) is 13.0. The number of thiol groups is 1. The minimum Gasteiger partial charge on any atom is -0.497 e. The highest BCUT2D eigenvalue weighted by Crippen LogP contribution is 2.29. The van der Waals surface area contributed by atoms with Crippen molar-refractivity contribution in [2.45, 2.75) is 37.2 Å². The van der Waals surface area contributed by atoms with Gasteiger partial charge in [-0.3, -0.25) is 24.4 Å². The molecule has 0 saturated carbocycles. The van der Waals surface area contributed by atoms with E-state index in [2.05, 4.69) is 15.8 Å². The molecule has 1 unspecified atom stereocenters. The molecule has 5 aromatic rings. The number of hydroxylamine groups is 2. The van der Waals surface area contributed by atoms with Crippen LogP contribution in [0.1, 0.15) is 28.7 Å². The summed E-state index contributed by atoms with van der Waals surface area (Å²) in [6.45, 7) is 0.121. The first-order chi connectivity index (χ1) is 24.9. The van der Waals surface area contributed by atoms with E-state index in [0.717, 1.165) is 33.2 Å². The van der Waals surface area contributed by atoms with Gasteiger partial charge in [0.05, 0.1) is 25.6 Å². The Balaban J connectivity index is 1.43. The summed E-state index contributed by atoms with van der Waals surface area (Å²) in [6.07, 6.45) is 5.99. The van der Waals surface area contributed by atoms with E-state index in [1.54, 1.807) is 24.9 Å². The first-order valence-corrected chi connectivity index (χ1v) is 17.2. The van der Waals surface area contributed by atoms with Crippen LogP contribution in [0, 0.1) is 11.8 Å². The van der Waals surface area contributed by atoms with Crippen molar-refractivity contribution in [2.24, 2.45) is 11.8 Å². The summed E-state index contributed by atoms with van der Waals surface area (Å²) in [5.41, 5.74) is 8.58. The van der Waals surface area contributed by atoms with Crippen LogP contribution >= 0.6 is 12.6 Å². The van der Waals surface area contributed by atoms with Crippen LogP contribution in [0.5, 0.6) is 5.75 Å². The molecule has 1 heterocycles. The van der Waals surface area contributed by atoms with Gasteiger partial charge >= 0.3 is 0 Å². The molecule has 0 bridgehead atoms. The standard InChI is InChI=1S/C40H42N4O6S/c1-49-31-21-19-28(20-22-31)23-36(51)37(33(38(45)43-48)17-10-15-27-11-4-2-5-12-27)40(47)42-35(24-30-25-41-34-18-9-8-16-32(30)34)39(46)44-50-26-29-13-6-3-7-14-29/h2-16,18-22,25,33,35-37,41,48,51H,17,23-24,26H2,1H3,(H,42,47)(H,43,45)(H,44,46)/b15-10+/t33-,35-,36?,37-/m1/s1. The number of carbonyl (C=O) groups excluding carboxylic acids is 3. The Morgan fingerprint density at radius 3 is 2.22 bits per heavy atom. The zero-order valence-corrected chi connectivity index (χ0v) is 29.1. The summed E-state index contributed by atoms with van der Waals surface area (Å²) < 4.78 is 5.29. The van der Waals surface area contributed by atoms with Gasteiger partial charge in [0.25, 0.3) is 5.91 Å². The lowest BCUT2D eigenvalue weighted by Crippen LogP contribution is -2.53. The molecule has 0 spiro atoms. The van der Waals surface area contributed by atoms with Gasteiger partial charge in [0.2, 0.25) is 11.8 Å².